The molecule has 0 radical (unpaired) electrons. The van der Waals surface area contributed by atoms with Gasteiger partial charge in [-0.3, -0.25) is 4.79 Å². The van der Waals surface area contributed by atoms with Gasteiger partial charge < -0.3 is 10.8 Å². The SMILES string of the molecule is CCC(C)C(S)(CC)CC(N)C(=O)O. The van der Waals surface area contributed by atoms with Crippen LogP contribution in [-0.4, -0.2) is 21.9 Å². The summed E-state index contributed by atoms with van der Waals surface area (Å²) in [6.07, 6.45) is 2.26. The Morgan fingerprint density at radius 2 is 2.07 bits per heavy atom. The number of carboxylic acid groups (broad SMARTS) is 1. The first-order valence-electron chi connectivity index (χ1n) is 5.08. The van der Waals surface area contributed by atoms with E-state index in [1.165, 1.54) is 0 Å². The van der Waals surface area contributed by atoms with Gasteiger partial charge in [0.2, 0.25) is 0 Å². The molecule has 4 heteroatoms. The lowest BCUT2D eigenvalue weighted by Gasteiger charge is -2.34. The van der Waals surface area contributed by atoms with Crippen LogP contribution in [0, 0.1) is 5.92 Å². The first-order chi connectivity index (χ1) is 6.37. The van der Waals surface area contributed by atoms with Gasteiger partial charge in [0.1, 0.15) is 6.04 Å². The monoisotopic (exact) mass is 219 g/mol. The number of rotatable bonds is 6. The van der Waals surface area contributed by atoms with Crippen LogP contribution < -0.4 is 5.73 Å². The molecule has 3 N–H and O–H groups in total. The van der Waals surface area contributed by atoms with Crippen molar-refractivity contribution in [1.82, 2.24) is 0 Å². The highest BCUT2D eigenvalue weighted by molar-refractivity contribution is 7.81. The lowest BCUT2D eigenvalue weighted by atomic mass is 9.83. The fraction of sp³-hybridized carbons (Fsp3) is 0.900. The quantitative estimate of drug-likeness (QED) is 0.598. The molecule has 84 valence electrons. The standard InChI is InChI=1S/C10H21NO2S/c1-4-7(3)10(14,5-2)6-8(11)9(12)13/h7-8,14H,4-6,11H2,1-3H3,(H,12,13). The Morgan fingerprint density at radius 3 is 2.36 bits per heavy atom. The summed E-state index contributed by atoms with van der Waals surface area (Å²) in [6.45, 7) is 6.19. The maximum atomic E-state index is 10.6. The van der Waals surface area contributed by atoms with Crippen LogP contribution in [0.4, 0.5) is 0 Å². The zero-order chi connectivity index (χ0) is 11.4. The largest absolute Gasteiger partial charge is 0.480 e. The van der Waals surface area contributed by atoms with Gasteiger partial charge in [-0.25, -0.2) is 0 Å². The van der Waals surface area contributed by atoms with E-state index in [-0.39, 0.29) is 4.75 Å². The number of carbonyl (C=O) groups is 1. The van der Waals surface area contributed by atoms with E-state index in [4.69, 9.17) is 10.8 Å². The molecular weight excluding hydrogens is 198 g/mol. The summed E-state index contributed by atoms with van der Waals surface area (Å²) in [7, 11) is 0. The molecule has 0 aromatic rings. The smallest absolute Gasteiger partial charge is 0.320 e. The number of hydrogen-bond acceptors (Lipinski definition) is 3. The molecular formula is C10H21NO2S. The van der Waals surface area contributed by atoms with Crippen molar-refractivity contribution in [2.75, 3.05) is 0 Å². The Labute approximate surface area is 91.5 Å². The maximum absolute atomic E-state index is 10.6. The van der Waals surface area contributed by atoms with Crippen molar-refractivity contribution in [3.05, 3.63) is 0 Å². The van der Waals surface area contributed by atoms with Gasteiger partial charge >= 0.3 is 5.97 Å². The van der Waals surface area contributed by atoms with Gasteiger partial charge in [-0.15, -0.1) is 0 Å². The molecule has 3 atom stereocenters. The summed E-state index contributed by atoms with van der Waals surface area (Å²) >= 11 is 4.58. The van der Waals surface area contributed by atoms with Gasteiger partial charge in [0, 0.05) is 4.75 Å². The fourth-order valence-electron chi connectivity index (χ4n) is 1.54. The molecule has 0 amide bonds. The van der Waals surface area contributed by atoms with E-state index in [2.05, 4.69) is 26.5 Å². The third-order valence-corrected chi connectivity index (χ3v) is 3.97. The molecule has 0 rings (SSSR count). The molecule has 3 nitrogen and oxygen atoms in total. The molecule has 0 saturated carbocycles. The van der Waals surface area contributed by atoms with E-state index in [0.29, 0.717) is 12.3 Å². The molecule has 0 saturated heterocycles. The number of aliphatic carboxylic acids is 1. The van der Waals surface area contributed by atoms with Crippen LogP contribution in [-0.2, 0) is 4.79 Å². The molecule has 0 aliphatic rings. The van der Waals surface area contributed by atoms with E-state index in [1.807, 2.05) is 6.92 Å². The zero-order valence-electron chi connectivity index (χ0n) is 9.16. The number of thiol groups is 1. The van der Waals surface area contributed by atoms with E-state index < -0.39 is 12.0 Å². The molecule has 0 bridgehead atoms. The van der Waals surface area contributed by atoms with Crippen molar-refractivity contribution < 1.29 is 9.90 Å². The second kappa shape index (κ2) is 5.61. The van der Waals surface area contributed by atoms with Gasteiger partial charge in [-0.05, 0) is 18.8 Å². The van der Waals surface area contributed by atoms with E-state index in [1.54, 1.807) is 0 Å². The van der Waals surface area contributed by atoms with Crippen LogP contribution >= 0.6 is 12.6 Å². The van der Waals surface area contributed by atoms with Gasteiger partial charge in [0.25, 0.3) is 0 Å². The predicted octanol–water partition coefficient (Wildman–Crippen LogP) is 1.91. The van der Waals surface area contributed by atoms with Gasteiger partial charge in [-0.1, -0.05) is 27.2 Å². The second-order valence-electron chi connectivity index (χ2n) is 3.92. The zero-order valence-corrected chi connectivity index (χ0v) is 10.1. The summed E-state index contributed by atoms with van der Waals surface area (Å²) in [5, 5.41) is 8.74. The average molecular weight is 219 g/mol. The maximum Gasteiger partial charge on any atom is 0.320 e. The van der Waals surface area contributed by atoms with Crippen LogP contribution in [0.2, 0.25) is 0 Å². The number of carboxylic acids is 1. The van der Waals surface area contributed by atoms with E-state index in [9.17, 15) is 4.79 Å². The summed E-state index contributed by atoms with van der Waals surface area (Å²) in [5.41, 5.74) is 5.52. The predicted molar refractivity (Wildman–Crippen MR) is 61.7 cm³/mol. The van der Waals surface area contributed by atoms with Crippen molar-refractivity contribution in [3.63, 3.8) is 0 Å². The minimum absolute atomic E-state index is 0.257. The lowest BCUT2D eigenvalue weighted by molar-refractivity contribution is -0.138. The molecule has 14 heavy (non-hydrogen) atoms. The third kappa shape index (κ3) is 3.50. The number of hydrogen-bond donors (Lipinski definition) is 3. The highest BCUT2D eigenvalue weighted by Crippen LogP contribution is 2.35. The molecule has 0 spiro atoms. The second-order valence-corrected chi connectivity index (χ2v) is 4.81. The first-order valence-corrected chi connectivity index (χ1v) is 5.52. The molecule has 0 aromatic heterocycles. The highest BCUT2D eigenvalue weighted by Gasteiger charge is 2.33. The molecule has 0 aliphatic carbocycles. The third-order valence-electron chi connectivity index (χ3n) is 3.03. The van der Waals surface area contributed by atoms with Gasteiger partial charge in [0.15, 0.2) is 0 Å². The van der Waals surface area contributed by atoms with Crippen molar-refractivity contribution >= 4 is 18.6 Å². The Bertz CT molecular complexity index is 199. The topological polar surface area (TPSA) is 63.3 Å². The average Bonchev–Trinajstić information content (AvgIpc) is 2.15. The molecule has 0 fully saturated rings. The van der Waals surface area contributed by atoms with Crippen molar-refractivity contribution in [2.24, 2.45) is 11.7 Å². The van der Waals surface area contributed by atoms with Crippen LogP contribution in [0.25, 0.3) is 0 Å². The minimum atomic E-state index is -0.944. The van der Waals surface area contributed by atoms with Crippen LogP contribution in [0.1, 0.15) is 40.0 Å². The summed E-state index contributed by atoms with van der Waals surface area (Å²) in [5.74, 6) is -0.568. The van der Waals surface area contributed by atoms with Crippen molar-refractivity contribution in [2.45, 2.75) is 50.8 Å². The summed E-state index contributed by atoms with van der Waals surface area (Å²) in [4.78, 5) is 10.6. The van der Waals surface area contributed by atoms with E-state index >= 15 is 0 Å². The van der Waals surface area contributed by atoms with E-state index in [0.717, 1.165) is 12.8 Å². The normalized spacial score (nSPS) is 19.8. The van der Waals surface area contributed by atoms with Crippen LogP contribution in [0.3, 0.4) is 0 Å². The number of nitrogens with two attached hydrogens (primary N) is 1. The Morgan fingerprint density at radius 1 is 1.57 bits per heavy atom. The summed E-state index contributed by atoms with van der Waals surface area (Å²) < 4.78 is -0.257. The Balaban J connectivity index is 4.46. The molecule has 0 aromatic carbocycles. The first kappa shape index (κ1) is 13.8. The van der Waals surface area contributed by atoms with Crippen molar-refractivity contribution in [3.8, 4) is 0 Å². The molecule has 3 unspecified atom stereocenters. The molecule has 0 aliphatic heterocycles. The fourth-order valence-corrected chi connectivity index (χ4v) is 1.92. The Kier molecular flexibility index (Phi) is 5.52. The molecule has 0 heterocycles. The van der Waals surface area contributed by atoms with Crippen LogP contribution in [0.15, 0.2) is 0 Å². The van der Waals surface area contributed by atoms with Gasteiger partial charge in [0.05, 0.1) is 0 Å². The lowest BCUT2D eigenvalue weighted by Crippen LogP contribution is -2.41. The van der Waals surface area contributed by atoms with Crippen LogP contribution in [0.5, 0.6) is 0 Å². The Hall–Kier alpha value is -0.220. The summed E-state index contributed by atoms with van der Waals surface area (Å²) in [6, 6.07) is -0.804. The van der Waals surface area contributed by atoms with Crippen molar-refractivity contribution in [1.29, 1.82) is 0 Å². The minimum Gasteiger partial charge on any atom is -0.480 e. The van der Waals surface area contributed by atoms with Gasteiger partial charge in [-0.2, -0.15) is 12.6 Å². The highest BCUT2D eigenvalue weighted by atomic mass is 32.1.